The Morgan fingerprint density at radius 3 is 3.25 bits per heavy atom. The Balaban J connectivity index is 1.68. The van der Waals surface area contributed by atoms with Crippen molar-refractivity contribution in [2.75, 3.05) is 19.7 Å². The molecule has 0 radical (unpaired) electrons. The van der Waals surface area contributed by atoms with Crippen LogP contribution in [-0.4, -0.2) is 29.1 Å². The van der Waals surface area contributed by atoms with Gasteiger partial charge in [-0.25, -0.2) is 4.98 Å². The number of ether oxygens (including phenoxy) is 1. The van der Waals surface area contributed by atoms with Crippen LogP contribution in [0.15, 0.2) is 17.8 Å². The molecule has 0 aliphatic rings. The van der Waals surface area contributed by atoms with Crippen LogP contribution in [0.4, 0.5) is 0 Å². The molecule has 0 unspecified atom stereocenters. The number of hydrogen-bond acceptors (Lipinski definition) is 4. The van der Waals surface area contributed by atoms with Crippen molar-refractivity contribution in [3.8, 4) is 0 Å². The molecule has 0 saturated carbocycles. The maximum absolute atomic E-state index is 5.53. The van der Waals surface area contributed by atoms with Crippen molar-refractivity contribution in [3.63, 3.8) is 0 Å². The predicted molar refractivity (Wildman–Crippen MR) is 65.9 cm³/mol. The van der Waals surface area contributed by atoms with Gasteiger partial charge in [0.05, 0.1) is 18.9 Å². The minimum Gasteiger partial charge on any atom is -0.374 e. The van der Waals surface area contributed by atoms with E-state index in [0.717, 1.165) is 36.8 Å². The van der Waals surface area contributed by atoms with E-state index in [4.69, 9.17) is 4.74 Å². The van der Waals surface area contributed by atoms with E-state index in [1.807, 2.05) is 22.2 Å². The van der Waals surface area contributed by atoms with Crippen LogP contribution in [0, 0.1) is 0 Å². The lowest BCUT2D eigenvalue weighted by molar-refractivity contribution is 0.120. The number of thiazole rings is 1. The first kappa shape index (κ1) is 11.6. The second kappa shape index (κ2) is 5.98. The molecule has 0 amide bonds. The fourth-order valence-corrected chi connectivity index (χ4v) is 2.19. The van der Waals surface area contributed by atoms with Crippen LogP contribution < -0.4 is 5.32 Å². The summed E-state index contributed by atoms with van der Waals surface area (Å²) >= 11 is 1.64. The molecule has 1 N–H and O–H groups in total. The largest absolute Gasteiger partial charge is 0.374 e. The van der Waals surface area contributed by atoms with Crippen molar-refractivity contribution < 1.29 is 4.74 Å². The van der Waals surface area contributed by atoms with Gasteiger partial charge in [-0.1, -0.05) is 6.92 Å². The van der Waals surface area contributed by atoms with E-state index in [2.05, 4.69) is 17.2 Å². The predicted octanol–water partition coefficient (Wildman–Crippen LogP) is 1.91. The van der Waals surface area contributed by atoms with Gasteiger partial charge in [0.1, 0.15) is 0 Å². The molecule has 2 heterocycles. The van der Waals surface area contributed by atoms with Crippen LogP contribution in [0.5, 0.6) is 0 Å². The fraction of sp³-hybridized carbons (Fsp3) is 0.545. The Kier molecular flexibility index (Phi) is 4.33. The average molecular weight is 239 g/mol. The van der Waals surface area contributed by atoms with Crippen LogP contribution in [0.25, 0.3) is 4.96 Å². The normalized spacial score (nSPS) is 11.3. The molecule has 2 aromatic rings. The second-order valence-electron chi connectivity index (χ2n) is 3.63. The van der Waals surface area contributed by atoms with Gasteiger partial charge in [0.2, 0.25) is 0 Å². The molecule has 0 spiro atoms. The van der Waals surface area contributed by atoms with Crippen molar-refractivity contribution in [3.05, 3.63) is 23.5 Å². The quantitative estimate of drug-likeness (QED) is 0.750. The van der Waals surface area contributed by atoms with E-state index in [1.165, 1.54) is 0 Å². The van der Waals surface area contributed by atoms with Gasteiger partial charge in [-0.3, -0.25) is 4.40 Å². The summed E-state index contributed by atoms with van der Waals surface area (Å²) in [6, 6.07) is 0. The van der Waals surface area contributed by atoms with Gasteiger partial charge in [0.25, 0.3) is 0 Å². The van der Waals surface area contributed by atoms with Gasteiger partial charge in [-0.05, 0) is 13.0 Å². The summed E-state index contributed by atoms with van der Waals surface area (Å²) in [6.45, 7) is 5.47. The Bertz CT molecular complexity index is 395. The average Bonchev–Trinajstić information content (AvgIpc) is 2.83. The van der Waals surface area contributed by atoms with Crippen LogP contribution in [0.1, 0.15) is 19.0 Å². The summed E-state index contributed by atoms with van der Waals surface area (Å²) in [5.74, 6) is 0. The van der Waals surface area contributed by atoms with Gasteiger partial charge >= 0.3 is 0 Å². The number of fused-ring (bicyclic) bond motifs is 1. The number of hydrogen-bond donors (Lipinski definition) is 1. The summed E-state index contributed by atoms with van der Waals surface area (Å²) in [7, 11) is 0. The van der Waals surface area contributed by atoms with Gasteiger partial charge in [0.15, 0.2) is 4.96 Å². The van der Waals surface area contributed by atoms with E-state index < -0.39 is 0 Å². The van der Waals surface area contributed by atoms with E-state index in [0.29, 0.717) is 6.61 Å². The molecule has 0 bridgehead atoms. The van der Waals surface area contributed by atoms with Crippen LogP contribution in [0.3, 0.4) is 0 Å². The van der Waals surface area contributed by atoms with E-state index in [-0.39, 0.29) is 0 Å². The van der Waals surface area contributed by atoms with Crippen LogP contribution in [-0.2, 0) is 11.3 Å². The Labute approximate surface area is 99.3 Å². The zero-order valence-corrected chi connectivity index (χ0v) is 10.3. The molecule has 5 heteroatoms. The smallest absolute Gasteiger partial charge is 0.193 e. The van der Waals surface area contributed by atoms with E-state index in [1.54, 1.807) is 11.3 Å². The SMILES string of the molecule is CCCNCCOCc1cn2ccsc2n1. The molecule has 4 nitrogen and oxygen atoms in total. The highest BCUT2D eigenvalue weighted by molar-refractivity contribution is 7.15. The molecular weight excluding hydrogens is 222 g/mol. The lowest BCUT2D eigenvalue weighted by Crippen LogP contribution is -2.20. The monoisotopic (exact) mass is 239 g/mol. The molecule has 0 aliphatic carbocycles. The summed E-state index contributed by atoms with van der Waals surface area (Å²) in [4.78, 5) is 5.47. The maximum Gasteiger partial charge on any atom is 0.193 e. The molecule has 16 heavy (non-hydrogen) atoms. The van der Waals surface area contributed by atoms with Crippen molar-refractivity contribution in [1.29, 1.82) is 0 Å². The molecule has 0 atom stereocenters. The summed E-state index contributed by atoms with van der Waals surface area (Å²) in [5, 5.41) is 5.32. The van der Waals surface area contributed by atoms with Gasteiger partial charge in [-0.2, -0.15) is 0 Å². The first-order chi connectivity index (χ1) is 7.90. The minimum absolute atomic E-state index is 0.599. The standard InChI is InChI=1S/C11H17N3OS/c1-2-3-12-4-6-15-9-10-8-14-5-7-16-11(14)13-10/h5,7-8,12H,2-4,6,9H2,1H3. The zero-order valence-electron chi connectivity index (χ0n) is 9.48. The lowest BCUT2D eigenvalue weighted by Gasteiger charge is -2.03. The fourth-order valence-electron chi connectivity index (χ4n) is 1.47. The Morgan fingerprint density at radius 1 is 1.50 bits per heavy atom. The molecule has 0 fully saturated rings. The van der Waals surface area contributed by atoms with Crippen molar-refractivity contribution in [2.24, 2.45) is 0 Å². The van der Waals surface area contributed by atoms with E-state index in [9.17, 15) is 0 Å². The molecule has 0 aromatic carbocycles. The molecule has 2 rings (SSSR count). The Hall–Kier alpha value is -0.910. The van der Waals surface area contributed by atoms with Crippen LogP contribution >= 0.6 is 11.3 Å². The number of nitrogens with one attached hydrogen (secondary N) is 1. The highest BCUT2D eigenvalue weighted by Gasteiger charge is 2.01. The van der Waals surface area contributed by atoms with E-state index >= 15 is 0 Å². The number of nitrogens with zero attached hydrogens (tertiary/aromatic N) is 2. The van der Waals surface area contributed by atoms with Gasteiger partial charge in [-0.15, -0.1) is 11.3 Å². The van der Waals surface area contributed by atoms with Crippen LogP contribution in [0.2, 0.25) is 0 Å². The topological polar surface area (TPSA) is 38.6 Å². The molecule has 88 valence electrons. The first-order valence-electron chi connectivity index (χ1n) is 5.59. The summed E-state index contributed by atoms with van der Waals surface area (Å²) < 4.78 is 7.56. The van der Waals surface area contributed by atoms with Crippen molar-refractivity contribution in [1.82, 2.24) is 14.7 Å². The zero-order chi connectivity index (χ0) is 11.2. The number of imidazole rings is 1. The molecule has 0 aliphatic heterocycles. The Morgan fingerprint density at radius 2 is 2.44 bits per heavy atom. The lowest BCUT2D eigenvalue weighted by atomic mass is 10.5. The van der Waals surface area contributed by atoms with Crippen molar-refractivity contribution >= 4 is 16.3 Å². The molecular formula is C11H17N3OS. The number of rotatable bonds is 7. The van der Waals surface area contributed by atoms with Gasteiger partial charge in [0, 0.05) is 24.3 Å². The first-order valence-corrected chi connectivity index (χ1v) is 6.47. The minimum atomic E-state index is 0.599. The third kappa shape index (κ3) is 3.04. The highest BCUT2D eigenvalue weighted by atomic mass is 32.1. The third-order valence-electron chi connectivity index (χ3n) is 2.24. The third-order valence-corrected chi connectivity index (χ3v) is 3.01. The van der Waals surface area contributed by atoms with Gasteiger partial charge < -0.3 is 10.1 Å². The maximum atomic E-state index is 5.53. The second-order valence-corrected chi connectivity index (χ2v) is 4.50. The molecule has 0 saturated heterocycles. The highest BCUT2D eigenvalue weighted by Crippen LogP contribution is 2.11. The number of aromatic nitrogens is 2. The summed E-state index contributed by atoms with van der Waals surface area (Å²) in [6.07, 6.45) is 5.20. The summed E-state index contributed by atoms with van der Waals surface area (Å²) in [5.41, 5.74) is 1.00. The van der Waals surface area contributed by atoms with Crippen molar-refractivity contribution in [2.45, 2.75) is 20.0 Å². The molecule has 2 aromatic heterocycles.